The van der Waals surface area contributed by atoms with Gasteiger partial charge in [0.2, 0.25) is 29.5 Å². The fraction of sp³-hybridized carbons (Fsp3) is 0.524. The molecule has 1 aliphatic carbocycles. The van der Waals surface area contributed by atoms with Crippen LogP contribution in [-0.4, -0.2) is 149 Å². The minimum absolute atomic E-state index is 0.0333. The van der Waals surface area contributed by atoms with Gasteiger partial charge in [-0.05, 0) is 124 Å². The van der Waals surface area contributed by atoms with Gasteiger partial charge in [-0.15, -0.1) is 16.5 Å². The number of amides is 7. The highest BCUT2D eigenvalue weighted by Crippen LogP contribution is 2.48. The van der Waals surface area contributed by atoms with E-state index in [0.717, 1.165) is 15.8 Å². The Balaban J connectivity index is 0.785. The van der Waals surface area contributed by atoms with Gasteiger partial charge in [0.1, 0.15) is 12.0 Å². The van der Waals surface area contributed by atoms with E-state index in [9.17, 15) is 52.9 Å². The van der Waals surface area contributed by atoms with Gasteiger partial charge in [0, 0.05) is 79.3 Å². The summed E-state index contributed by atoms with van der Waals surface area (Å²) in [6.07, 6.45) is 7.28. The lowest BCUT2D eigenvalue weighted by Crippen LogP contribution is -2.58. The monoisotopic (exact) mass is 1270 g/mol. The summed E-state index contributed by atoms with van der Waals surface area (Å²) in [7, 11) is -1.52. The minimum Gasteiger partial charge on any atom is -0.493 e. The first-order valence-electron chi connectivity index (χ1n) is 30.3. The molecule has 0 radical (unpaired) electrons. The lowest BCUT2D eigenvalue weighted by molar-refractivity contribution is -0.151. The first-order chi connectivity index (χ1) is 42.5. The fourth-order valence-electron chi connectivity index (χ4n) is 12.5. The molecule has 3 unspecified atom stereocenters. The number of nitrogens with two attached hydrogens (primary N) is 1. The van der Waals surface area contributed by atoms with E-state index in [-0.39, 0.29) is 107 Å². The van der Waals surface area contributed by atoms with Gasteiger partial charge in [-0.3, -0.25) is 38.5 Å². The van der Waals surface area contributed by atoms with E-state index < -0.39 is 49.9 Å². The Morgan fingerprint density at radius 1 is 0.875 bits per heavy atom. The average Bonchev–Trinajstić information content (AvgIpc) is 1.59. The van der Waals surface area contributed by atoms with Crippen molar-refractivity contribution in [3.63, 3.8) is 0 Å². The lowest BCUT2D eigenvalue weighted by atomic mass is 9.67. The molecule has 4 aromatic rings. The maximum absolute atomic E-state index is 14.3. The van der Waals surface area contributed by atoms with Crippen LogP contribution in [0.2, 0.25) is 0 Å². The number of thioether (sulfide) groups is 1. The number of likely N-dealkylation sites (tertiary alicyclic amines) is 1. The van der Waals surface area contributed by atoms with Crippen LogP contribution in [0, 0.1) is 5.41 Å². The number of nitrogens with zero attached hydrogens (tertiary/aromatic N) is 4. The SMILES string of the molecule is COc1cc2c(cc1OCCCCCC(=O)N1C[C@@H](CCl)c3c1cc(O[P+](=O)O)c1ccccc31)N(C(=O)OCc1ccc(CC(=O)[C@H](CCCCN)NC(=O)C3(C(=O)NCCCCCN4C(=O)CC(SC)C4=O)CCC3)cc1)C(O)[C@@H]1CCCN1C2=O. The van der Waals surface area contributed by atoms with Crippen LogP contribution in [0.15, 0.2) is 66.7 Å². The van der Waals surface area contributed by atoms with Crippen molar-refractivity contribution in [2.24, 2.45) is 11.1 Å². The number of nitrogens with one attached hydrogen (secondary N) is 2. The second-order valence-corrected chi connectivity index (χ2v) is 25.1. The van der Waals surface area contributed by atoms with Gasteiger partial charge < -0.3 is 45.5 Å². The van der Waals surface area contributed by atoms with Crippen LogP contribution in [0.4, 0.5) is 16.2 Å². The Bertz CT molecular complexity index is 3280. The summed E-state index contributed by atoms with van der Waals surface area (Å²) >= 11 is 7.80. The van der Waals surface area contributed by atoms with Crippen molar-refractivity contribution in [3.05, 3.63) is 89.0 Å². The number of anilines is 2. The zero-order valence-corrected chi connectivity index (χ0v) is 52.2. The minimum atomic E-state index is -2.96. The molecule has 0 aromatic heterocycles. The van der Waals surface area contributed by atoms with E-state index in [4.69, 9.17) is 36.1 Å². The molecule has 88 heavy (non-hydrogen) atoms. The molecule has 4 heterocycles. The van der Waals surface area contributed by atoms with Crippen molar-refractivity contribution >= 4 is 101 Å². The van der Waals surface area contributed by atoms with Crippen LogP contribution in [0.25, 0.3) is 10.8 Å². The van der Waals surface area contributed by atoms with Gasteiger partial charge in [-0.25, -0.2) is 14.2 Å². The van der Waals surface area contributed by atoms with Gasteiger partial charge in [0.05, 0.1) is 48.0 Å². The number of ketones is 1. The summed E-state index contributed by atoms with van der Waals surface area (Å²) in [5.41, 5.74) is 7.36. The second kappa shape index (κ2) is 30.1. The Labute approximate surface area is 521 Å². The third-order valence-electron chi connectivity index (χ3n) is 17.5. The highest BCUT2D eigenvalue weighted by molar-refractivity contribution is 8.00. The number of aliphatic hydroxyl groups excluding tert-OH is 1. The van der Waals surface area contributed by atoms with Gasteiger partial charge >= 0.3 is 14.3 Å². The molecule has 5 aliphatic rings. The molecule has 9 rings (SSSR count). The summed E-state index contributed by atoms with van der Waals surface area (Å²) in [5, 5.41) is 18.9. The molecular weight excluding hydrogens is 1190 g/mol. The van der Waals surface area contributed by atoms with Gasteiger partial charge in [0.15, 0.2) is 29.3 Å². The molecule has 7 amide bonds. The number of fused-ring (bicyclic) bond motifs is 5. The average molecular weight is 1270 g/mol. The van der Waals surface area contributed by atoms with Crippen LogP contribution in [0.3, 0.4) is 0 Å². The largest absolute Gasteiger partial charge is 0.747 e. The number of ether oxygens (including phenoxy) is 3. The van der Waals surface area contributed by atoms with Crippen molar-refractivity contribution in [2.75, 3.05) is 68.4 Å². The van der Waals surface area contributed by atoms with Crippen molar-refractivity contribution < 1.29 is 71.7 Å². The summed E-state index contributed by atoms with van der Waals surface area (Å²) in [6.45, 7) is 1.73. The molecule has 1 saturated carbocycles. The number of Topliss-reactive ketones (excluding diaryl/α,β-unsaturated/α-hetero) is 1. The molecule has 3 fully saturated rings. The maximum Gasteiger partial charge on any atom is 0.747 e. The zero-order valence-electron chi connectivity index (χ0n) is 49.7. The number of halogens is 1. The van der Waals surface area contributed by atoms with Crippen molar-refractivity contribution in [3.8, 4) is 17.2 Å². The molecule has 0 spiro atoms. The quantitative estimate of drug-likeness (QED) is 0.0109. The molecule has 4 aliphatic heterocycles. The number of imide groups is 1. The summed E-state index contributed by atoms with van der Waals surface area (Å²) in [6, 6.07) is 17.2. The topological polar surface area (TPSA) is 294 Å². The number of benzene rings is 4. The zero-order chi connectivity index (χ0) is 62.6. The van der Waals surface area contributed by atoms with Crippen molar-refractivity contribution in [1.82, 2.24) is 20.4 Å². The first-order valence-corrected chi connectivity index (χ1v) is 33.3. The number of alkyl halides is 1. The molecule has 6 N–H and O–H groups in total. The smallest absolute Gasteiger partial charge is 0.493 e. The second-order valence-electron chi connectivity index (χ2n) is 23.1. The van der Waals surface area contributed by atoms with Crippen LogP contribution in [-0.2, 0) is 51.1 Å². The molecule has 2 saturated heterocycles. The molecule has 22 nitrogen and oxygen atoms in total. The molecule has 4 aromatic carbocycles. The third-order valence-corrected chi connectivity index (χ3v) is 19.2. The van der Waals surface area contributed by atoms with Crippen LogP contribution in [0.5, 0.6) is 17.2 Å². The van der Waals surface area contributed by atoms with Crippen LogP contribution >= 0.6 is 31.6 Å². The molecule has 0 bridgehead atoms. The highest BCUT2D eigenvalue weighted by Gasteiger charge is 2.52. The number of rotatable bonds is 30. The summed E-state index contributed by atoms with van der Waals surface area (Å²) in [4.78, 5) is 124. The summed E-state index contributed by atoms with van der Waals surface area (Å²) < 4.78 is 34.8. The van der Waals surface area contributed by atoms with E-state index in [2.05, 4.69) is 10.6 Å². The van der Waals surface area contributed by atoms with Crippen molar-refractivity contribution in [2.45, 2.75) is 145 Å². The van der Waals surface area contributed by atoms with E-state index in [1.54, 1.807) is 52.3 Å². The Hall–Kier alpha value is -6.88. The number of aliphatic hydroxyl groups is 1. The van der Waals surface area contributed by atoms with Crippen LogP contribution < -0.4 is 40.2 Å². The van der Waals surface area contributed by atoms with Gasteiger partial charge in [-0.2, -0.15) is 11.8 Å². The number of carbonyl (C=O) groups excluding carboxylic acids is 8. The van der Waals surface area contributed by atoms with Crippen molar-refractivity contribution in [1.29, 1.82) is 0 Å². The fourth-order valence-corrected chi connectivity index (χ4v) is 13.7. The number of carbonyl (C=O) groups is 8. The first kappa shape index (κ1) is 65.6. The molecular formula is C63H78ClN7O15PS+. The van der Waals surface area contributed by atoms with E-state index in [1.807, 2.05) is 18.4 Å². The Kier molecular flexibility index (Phi) is 22.4. The third kappa shape index (κ3) is 14.6. The standard InChI is InChI=1S/C63H77ClN7O15PS/c1-83-51-32-44-47(33-52(51)84-30-12-3-5-19-54(73)70-37-41(36-64)56-43-16-7-6-15-42(43)50(34-48(56)70)86-87(81)82)71(58(76)46-18-13-29-68(46)57(44)75)62(80)85-38-40-22-20-39(21-23-40)31-49(72)45(17-8-9-26-65)67-61(79)63(24-14-25-63)60(78)66-27-10-4-11-28-69-55(74)35-53(88-2)59(69)77/h6-7,15-16,20-23,32-34,41,45-46,53,58,76H,3-5,8-14,17-19,24-31,35-38,65H2,1-2H3,(H2-,66,67,78,79,81,82)/p+1/t41-,45+,46+,53?,58?/m1/s1. The van der Waals surface area contributed by atoms with Crippen LogP contribution in [0.1, 0.15) is 136 Å². The van der Waals surface area contributed by atoms with Gasteiger partial charge in [0.25, 0.3) is 5.91 Å². The molecule has 472 valence electrons. The van der Waals surface area contributed by atoms with E-state index in [1.165, 1.54) is 35.9 Å². The Morgan fingerprint density at radius 2 is 1.61 bits per heavy atom. The van der Waals surface area contributed by atoms with E-state index >= 15 is 0 Å². The predicted molar refractivity (Wildman–Crippen MR) is 332 cm³/mol. The lowest BCUT2D eigenvalue weighted by Gasteiger charge is -2.39. The number of hydrogen-bond donors (Lipinski definition) is 5. The predicted octanol–water partition coefficient (Wildman–Crippen LogP) is 7.94. The molecule has 25 heteroatoms. The number of hydrogen-bond acceptors (Lipinski definition) is 16. The van der Waals surface area contributed by atoms with Gasteiger partial charge in [-0.1, -0.05) is 55.0 Å². The van der Waals surface area contributed by atoms with E-state index in [0.29, 0.717) is 145 Å². The highest BCUT2D eigenvalue weighted by atomic mass is 35.5. The number of unbranched alkanes of at least 4 members (excludes halogenated alkanes) is 5. The normalized spacial score (nSPS) is 19.8. The Morgan fingerprint density at radius 3 is 2.31 bits per heavy atom. The summed E-state index contributed by atoms with van der Waals surface area (Å²) in [5.74, 6) is -1.22. The number of methoxy groups -OCH3 is 1. The maximum atomic E-state index is 14.3. The molecule has 6 atom stereocenters.